The SMILES string of the molecule is Cc1ccccc1C1/C(=C(/O)c2ccncc2)C(=O)C(=O)N1CCCOC(C)C. The number of aliphatic hydroxyl groups is 1. The maximum atomic E-state index is 12.9. The van der Waals surface area contributed by atoms with Gasteiger partial charge in [-0.3, -0.25) is 14.6 Å². The molecule has 1 aromatic carbocycles. The highest BCUT2D eigenvalue weighted by Crippen LogP contribution is 2.40. The Morgan fingerprint density at radius 2 is 1.86 bits per heavy atom. The first-order valence-electron chi connectivity index (χ1n) is 9.77. The number of nitrogens with zero attached hydrogens (tertiary/aromatic N) is 2. The second-order valence-corrected chi connectivity index (χ2v) is 7.36. The van der Waals surface area contributed by atoms with Crippen molar-refractivity contribution in [1.82, 2.24) is 9.88 Å². The number of carbonyl (C=O) groups excluding carboxylic acids is 2. The van der Waals surface area contributed by atoms with E-state index in [1.807, 2.05) is 45.0 Å². The van der Waals surface area contributed by atoms with Gasteiger partial charge in [-0.05, 0) is 50.5 Å². The number of benzene rings is 1. The molecule has 6 nitrogen and oxygen atoms in total. The molecule has 0 spiro atoms. The molecular weight excluding hydrogens is 368 g/mol. The second-order valence-electron chi connectivity index (χ2n) is 7.36. The summed E-state index contributed by atoms with van der Waals surface area (Å²) in [5, 5.41) is 10.9. The first kappa shape index (κ1) is 20.7. The molecule has 1 saturated heterocycles. The fourth-order valence-electron chi connectivity index (χ4n) is 3.55. The van der Waals surface area contributed by atoms with Crippen molar-refractivity contribution in [2.45, 2.75) is 39.3 Å². The van der Waals surface area contributed by atoms with Crippen molar-refractivity contribution in [2.24, 2.45) is 0 Å². The van der Waals surface area contributed by atoms with E-state index in [4.69, 9.17) is 4.74 Å². The van der Waals surface area contributed by atoms with Crippen LogP contribution in [0, 0.1) is 6.92 Å². The normalized spacial score (nSPS) is 18.6. The van der Waals surface area contributed by atoms with E-state index in [0.717, 1.165) is 11.1 Å². The molecule has 6 heteroatoms. The van der Waals surface area contributed by atoms with Gasteiger partial charge in [-0.15, -0.1) is 0 Å². The number of aliphatic hydroxyl groups excluding tert-OH is 1. The summed E-state index contributed by atoms with van der Waals surface area (Å²) in [6.45, 7) is 6.70. The number of ether oxygens (including phenoxy) is 1. The number of hydrogen-bond donors (Lipinski definition) is 1. The lowest BCUT2D eigenvalue weighted by molar-refractivity contribution is -0.140. The van der Waals surface area contributed by atoms with E-state index in [2.05, 4.69) is 4.98 Å². The van der Waals surface area contributed by atoms with Crippen molar-refractivity contribution in [1.29, 1.82) is 0 Å². The van der Waals surface area contributed by atoms with Gasteiger partial charge in [-0.1, -0.05) is 24.3 Å². The van der Waals surface area contributed by atoms with Gasteiger partial charge in [0, 0.05) is 31.1 Å². The smallest absolute Gasteiger partial charge is 0.295 e. The second kappa shape index (κ2) is 9.01. The molecule has 1 unspecified atom stereocenters. The zero-order valence-electron chi connectivity index (χ0n) is 17.0. The summed E-state index contributed by atoms with van der Waals surface area (Å²) < 4.78 is 5.58. The number of ketones is 1. The van der Waals surface area contributed by atoms with Crippen molar-refractivity contribution in [3.8, 4) is 0 Å². The predicted octanol–water partition coefficient (Wildman–Crippen LogP) is 3.63. The van der Waals surface area contributed by atoms with Crippen molar-refractivity contribution in [2.75, 3.05) is 13.2 Å². The Bertz CT molecular complexity index is 921. The quantitative estimate of drug-likeness (QED) is 0.336. The van der Waals surface area contributed by atoms with E-state index < -0.39 is 17.7 Å². The Morgan fingerprint density at radius 1 is 1.17 bits per heavy atom. The average Bonchev–Trinajstić information content (AvgIpc) is 2.96. The van der Waals surface area contributed by atoms with Crippen LogP contribution in [0.4, 0.5) is 0 Å². The summed E-state index contributed by atoms with van der Waals surface area (Å²) in [7, 11) is 0. The number of aryl methyl sites for hydroxylation is 1. The van der Waals surface area contributed by atoms with Crippen LogP contribution in [0.1, 0.15) is 43.0 Å². The maximum Gasteiger partial charge on any atom is 0.295 e. The molecule has 0 bridgehead atoms. The summed E-state index contributed by atoms with van der Waals surface area (Å²) in [5.74, 6) is -1.45. The third-order valence-corrected chi connectivity index (χ3v) is 4.97. The molecule has 0 aliphatic carbocycles. The van der Waals surface area contributed by atoms with E-state index in [9.17, 15) is 14.7 Å². The Morgan fingerprint density at radius 3 is 2.52 bits per heavy atom. The van der Waals surface area contributed by atoms with Crippen molar-refractivity contribution in [3.63, 3.8) is 0 Å². The first-order valence-corrected chi connectivity index (χ1v) is 9.77. The van der Waals surface area contributed by atoms with Crippen LogP contribution in [0.15, 0.2) is 54.4 Å². The van der Waals surface area contributed by atoms with Gasteiger partial charge in [-0.25, -0.2) is 0 Å². The molecule has 0 saturated carbocycles. The minimum absolute atomic E-state index is 0.101. The zero-order valence-corrected chi connectivity index (χ0v) is 17.0. The van der Waals surface area contributed by atoms with Crippen LogP contribution in [0.25, 0.3) is 5.76 Å². The Balaban J connectivity index is 2.04. The maximum absolute atomic E-state index is 12.9. The Labute approximate surface area is 170 Å². The third kappa shape index (κ3) is 4.38. The molecule has 1 fully saturated rings. The molecule has 1 aliphatic heterocycles. The van der Waals surface area contributed by atoms with Crippen LogP contribution in [0.2, 0.25) is 0 Å². The van der Waals surface area contributed by atoms with Crippen molar-refractivity contribution < 1.29 is 19.4 Å². The number of hydrogen-bond acceptors (Lipinski definition) is 5. The zero-order chi connectivity index (χ0) is 21.0. The number of amides is 1. The van der Waals surface area contributed by atoms with Crippen LogP contribution in [0.3, 0.4) is 0 Å². The standard InChI is InChI=1S/C23H26N2O4/c1-15(2)29-14-6-13-25-20(18-8-5-4-7-16(18)3)19(22(27)23(25)28)21(26)17-9-11-24-12-10-17/h4-5,7-12,15,20,26H,6,13-14H2,1-3H3/b21-19-. The molecule has 1 aliphatic rings. The van der Waals surface area contributed by atoms with Crippen LogP contribution < -0.4 is 0 Å². The topological polar surface area (TPSA) is 79.7 Å². The van der Waals surface area contributed by atoms with E-state index >= 15 is 0 Å². The van der Waals surface area contributed by atoms with E-state index in [0.29, 0.717) is 25.1 Å². The van der Waals surface area contributed by atoms with Gasteiger partial charge in [0.05, 0.1) is 17.7 Å². The third-order valence-electron chi connectivity index (χ3n) is 4.97. The van der Waals surface area contributed by atoms with Crippen LogP contribution in [-0.4, -0.2) is 45.9 Å². The van der Waals surface area contributed by atoms with Crippen molar-refractivity contribution >= 4 is 17.4 Å². The molecule has 1 aromatic heterocycles. The molecule has 1 N–H and O–H groups in total. The van der Waals surface area contributed by atoms with Gasteiger partial charge in [0.15, 0.2) is 0 Å². The summed E-state index contributed by atoms with van der Waals surface area (Å²) in [6, 6.07) is 10.2. The lowest BCUT2D eigenvalue weighted by atomic mass is 9.92. The molecule has 2 aromatic rings. The number of likely N-dealkylation sites (tertiary alicyclic amines) is 1. The average molecular weight is 394 g/mol. The van der Waals surface area contributed by atoms with Gasteiger partial charge in [-0.2, -0.15) is 0 Å². The minimum Gasteiger partial charge on any atom is -0.507 e. The summed E-state index contributed by atoms with van der Waals surface area (Å²) in [5.41, 5.74) is 2.34. The minimum atomic E-state index is -0.669. The Hall–Kier alpha value is -2.99. The molecule has 152 valence electrons. The summed E-state index contributed by atoms with van der Waals surface area (Å²) in [4.78, 5) is 31.3. The lowest BCUT2D eigenvalue weighted by Crippen LogP contribution is -2.31. The Kier molecular flexibility index (Phi) is 6.44. The number of Topliss-reactive ketones (excluding diaryl/α,β-unsaturated/α-hetero) is 1. The van der Waals surface area contributed by atoms with Gasteiger partial charge in [0.1, 0.15) is 5.76 Å². The highest BCUT2D eigenvalue weighted by molar-refractivity contribution is 6.46. The molecule has 0 radical (unpaired) electrons. The molecule has 1 atom stereocenters. The fraction of sp³-hybridized carbons (Fsp3) is 0.348. The van der Waals surface area contributed by atoms with E-state index in [1.54, 1.807) is 17.0 Å². The summed E-state index contributed by atoms with van der Waals surface area (Å²) >= 11 is 0. The van der Waals surface area contributed by atoms with Crippen LogP contribution >= 0.6 is 0 Å². The number of carbonyl (C=O) groups is 2. The molecule has 3 rings (SSSR count). The predicted molar refractivity (Wildman–Crippen MR) is 110 cm³/mol. The van der Waals surface area contributed by atoms with Gasteiger partial charge in [0.2, 0.25) is 0 Å². The highest BCUT2D eigenvalue weighted by Gasteiger charge is 2.46. The first-order chi connectivity index (χ1) is 13.9. The lowest BCUT2D eigenvalue weighted by Gasteiger charge is -2.26. The van der Waals surface area contributed by atoms with Crippen LogP contribution in [0.5, 0.6) is 0 Å². The van der Waals surface area contributed by atoms with Gasteiger partial charge < -0.3 is 14.7 Å². The van der Waals surface area contributed by atoms with Crippen molar-refractivity contribution in [3.05, 3.63) is 71.1 Å². The molecule has 29 heavy (non-hydrogen) atoms. The van der Waals surface area contributed by atoms with Crippen LogP contribution in [-0.2, 0) is 14.3 Å². The fourth-order valence-corrected chi connectivity index (χ4v) is 3.55. The number of pyridine rings is 1. The number of rotatable bonds is 7. The molecule has 1 amide bonds. The molecular formula is C23H26N2O4. The monoisotopic (exact) mass is 394 g/mol. The summed E-state index contributed by atoms with van der Waals surface area (Å²) in [6.07, 6.45) is 3.78. The highest BCUT2D eigenvalue weighted by atomic mass is 16.5. The van der Waals surface area contributed by atoms with E-state index in [1.165, 1.54) is 12.4 Å². The van der Waals surface area contributed by atoms with Gasteiger partial charge >= 0.3 is 0 Å². The van der Waals surface area contributed by atoms with Gasteiger partial charge in [0.25, 0.3) is 11.7 Å². The van der Waals surface area contributed by atoms with E-state index in [-0.39, 0.29) is 17.4 Å². The number of aromatic nitrogens is 1. The largest absolute Gasteiger partial charge is 0.507 e. The molecule has 2 heterocycles.